The maximum Gasteiger partial charge on any atom is 0.289 e. The summed E-state index contributed by atoms with van der Waals surface area (Å²) in [5, 5.41) is 0.465. The van der Waals surface area contributed by atoms with Gasteiger partial charge in [0.2, 0.25) is 5.91 Å². The molecule has 142 valence electrons. The quantitative estimate of drug-likeness (QED) is 0.757. The zero-order chi connectivity index (χ0) is 19.7. The Morgan fingerprint density at radius 2 is 1.93 bits per heavy atom. The van der Waals surface area contributed by atoms with Gasteiger partial charge in [0.15, 0.2) is 11.2 Å². The number of carbonyl (C=O) groups is 2. The van der Waals surface area contributed by atoms with Crippen LogP contribution in [0.4, 0.5) is 0 Å². The predicted octanol–water partition coefficient (Wildman–Crippen LogP) is 2.60. The Kier molecular flexibility index (Phi) is 4.69. The summed E-state index contributed by atoms with van der Waals surface area (Å²) in [7, 11) is 0. The smallest absolute Gasteiger partial charge is 0.289 e. The van der Waals surface area contributed by atoms with E-state index in [0.29, 0.717) is 29.6 Å². The van der Waals surface area contributed by atoms with Crippen molar-refractivity contribution in [2.45, 2.75) is 12.8 Å². The molecule has 2 N–H and O–H groups in total. The summed E-state index contributed by atoms with van der Waals surface area (Å²) in [5.41, 5.74) is 7.05. The van der Waals surface area contributed by atoms with Crippen molar-refractivity contribution >= 4 is 22.8 Å². The topological polar surface area (TPSA) is 93.6 Å². The van der Waals surface area contributed by atoms with Crippen LogP contribution in [0.25, 0.3) is 11.0 Å². The fourth-order valence-electron chi connectivity index (χ4n) is 3.73. The van der Waals surface area contributed by atoms with Crippen molar-refractivity contribution in [3.63, 3.8) is 0 Å². The van der Waals surface area contributed by atoms with Gasteiger partial charge in [0, 0.05) is 24.7 Å². The molecule has 1 aromatic heterocycles. The van der Waals surface area contributed by atoms with Crippen LogP contribution in [-0.2, 0) is 6.42 Å². The van der Waals surface area contributed by atoms with E-state index in [9.17, 15) is 14.4 Å². The first-order chi connectivity index (χ1) is 13.5. The van der Waals surface area contributed by atoms with Crippen LogP contribution >= 0.6 is 0 Å². The normalized spacial score (nSPS) is 16.4. The van der Waals surface area contributed by atoms with Crippen LogP contribution in [0.2, 0.25) is 0 Å². The Morgan fingerprint density at radius 3 is 2.75 bits per heavy atom. The monoisotopic (exact) mass is 376 g/mol. The molecule has 1 atom stereocenters. The van der Waals surface area contributed by atoms with E-state index in [1.807, 2.05) is 12.1 Å². The Labute approximate surface area is 161 Å². The van der Waals surface area contributed by atoms with Crippen LogP contribution in [0.5, 0.6) is 0 Å². The number of benzene rings is 2. The highest BCUT2D eigenvalue weighted by molar-refractivity contribution is 5.93. The molecule has 0 bridgehead atoms. The number of hydrogen-bond acceptors (Lipinski definition) is 4. The SMILES string of the molecule is NC(=O)c1cccc(C[C@@H]2CCN(C(=O)c3cc(=O)c4ccccc4o3)C2)c1. The molecule has 3 aromatic rings. The van der Waals surface area contributed by atoms with Crippen LogP contribution in [-0.4, -0.2) is 29.8 Å². The zero-order valence-corrected chi connectivity index (χ0v) is 15.3. The Bertz CT molecular complexity index is 1120. The van der Waals surface area contributed by atoms with Gasteiger partial charge < -0.3 is 15.1 Å². The van der Waals surface area contributed by atoms with E-state index in [4.69, 9.17) is 10.2 Å². The molecule has 0 spiro atoms. The zero-order valence-electron chi connectivity index (χ0n) is 15.3. The van der Waals surface area contributed by atoms with E-state index in [1.54, 1.807) is 41.3 Å². The summed E-state index contributed by atoms with van der Waals surface area (Å²) >= 11 is 0. The molecule has 4 rings (SSSR count). The van der Waals surface area contributed by atoms with Gasteiger partial charge >= 0.3 is 0 Å². The van der Waals surface area contributed by atoms with Crippen molar-refractivity contribution in [1.82, 2.24) is 4.90 Å². The maximum atomic E-state index is 12.8. The van der Waals surface area contributed by atoms with Crippen LogP contribution in [0.3, 0.4) is 0 Å². The third kappa shape index (κ3) is 3.53. The molecule has 0 saturated carbocycles. The molecular formula is C22H20N2O4. The molecular weight excluding hydrogens is 356 g/mol. The number of carbonyl (C=O) groups excluding carboxylic acids is 2. The van der Waals surface area contributed by atoms with Gasteiger partial charge in [0.25, 0.3) is 5.91 Å². The lowest BCUT2D eigenvalue weighted by atomic mass is 9.97. The highest BCUT2D eigenvalue weighted by Crippen LogP contribution is 2.23. The third-order valence-electron chi connectivity index (χ3n) is 5.15. The van der Waals surface area contributed by atoms with Crippen molar-refractivity contribution in [3.8, 4) is 0 Å². The molecule has 6 nitrogen and oxygen atoms in total. The highest BCUT2D eigenvalue weighted by Gasteiger charge is 2.28. The van der Waals surface area contributed by atoms with Crippen molar-refractivity contribution in [2.75, 3.05) is 13.1 Å². The highest BCUT2D eigenvalue weighted by atomic mass is 16.3. The number of likely N-dealkylation sites (tertiary alicyclic amines) is 1. The van der Waals surface area contributed by atoms with Gasteiger partial charge in [-0.25, -0.2) is 0 Å². The minimum absolute atomic E-state index is 0.0695. The lowest BCUT2D eigenvalue weighted by Crippen LogP contribution is -2.29. The number of hydrogen-bond donors (Lipinski definition) is 1. The van der Waals surface area contributed by atoms with Gasteiger partial charge in [-0.15, -0.1) is 0 Å². The van der Waals surface area contributed by atoms with Gasteiger partial charge in [-0.3, -0.25) is 14.4 Å². The minimum Gasteiger partial charge on any atom is -0.451 e. The molecule has 1 aliphatic rings. The molecule has 0 radical (unpaired) electrons. The summed E-state index contributed by atoms with van der Waals surface area (Å²) in [4.78, 5) is 38.1. The summed E-state index contributed by atoms with van der Waals surface area (Å²) in [6.45, 7) is 1.19. The summed E-state index contributed by atoms with van der Waals surface area (Å²) in [6, 6.07) is 15.4. The molecule has 6 heteroatoms. The molecule has 0 aliphatic carbocycles. The van der Waals surface area contributed by atoms with Gasteiger partial charge in [-0.2, -0.15) is 0 Å². The van der Waals surface area contributed by atoms with Crippen LogP contribution in [0.1, 0.15) is 32.9 Å². The fourth-order valence-corrected chi connectivity index (χ4v) is 3.73. The molecule has 2 aromatic carbocycles. The van der Waals surface area contributed by atoms with Gasteiger partial charge in [0.1, 0.15) is 5.58 Å². The summed E-state index contributed by atoms with van der Waals surface area (Å²) < 4.78 is 5.67. The van der Waals surface area contributed by atoms with Gasteiger partial charge in [0.05, 0.1) is 5.39 Å². The molecule has 2 amide bonds. The molecule has 28 heavy (non-hydrogen) atoms. The van der Waals surface area contributed by atoms with Gasteiger partial charge in [-0.05, 0) is 48.6 Å². The van der Waals surface area contributed by atoms with E-state index in [-0.39, 0.29) is 23.0 Å². The van der Waals surface area contributed by atoms with Crippen LogP contribution < -0.4 is 11.2 Å². The number of para-hydroxylation sites is 1. The summed E-state index contributed by atoms with van der Waals surface area (Å²) in [5.74, 6) is -0.369. The first-order valence-corrected chi connectivity index (χ1v) is 9.22. The number of nitrogens with two attached hydrogens (primary N) is 1. The average molecular weight is 376 g/mol. The molecule has 1 aliphatic heterocycles. The largest absolute Gasteiger partial charge is 0.451 e. The number of fused-ring (bicyclic) bond motifs is 1. The summed E-state index contributed by atoms with van der Waals surface area (Å²) in [6.07, 6.45) is 1.61. The number of nitrogens with zero attached hydrogens (tertiary/aromatic N) is 1. The lowest BCUT2D eigenvalue weighted by molar-refractivity contribution is 0.0756. The Hall–Kier alpha value is -3.41. The van der Waals surface area contributed by atoms with E-state index < -0.39 is 5.91 Å². The first kappa shape index (κ1) is 18.0. The van der Waals surface area contributed by atoms with Crippen molar-refractivity contribution < 1.29 is 14.0 Å². The number of rotatable bonds is 4. The van der Waals surface area contributed by atoms with Crippen LogP contribution in [0, 0.1) is 5.92 Å². The van der Waals surface area contributed by atoms with E-state index in [2.05, 4.69) is 0 Å². The third-order valence-corrected chi connectivity index (χ3v) is 5.15. The molecule has 2 heterocycles. The molecule has 0 unspecified atom stereocenters. The van der Waals surface area contributed by atoms with E-state index in [0.717, 1.165) is 18.4 Å². The molecule has 1 saturated heterocycles. The first-order valence-electron chi connectivity index (χ1n) is 9.22. The van der Waals surface area contributed by atoms with Crippen molar-refractivity contribution in [1.29, 1.82) is 0 Å². The fraction of sp³-hybridized carbons (Fsp3) is 0.227. The minimum atomic E-state index is -0.448. The Balaban J connectivity index is 1.48. The van der Waals surface area contributed by atoms with Gasteiger partial charge in [-0.1, -0.05) is 24.3 Å². The van der Waals surface area contributed by atoms with Crippen molar-refractivity contribution in [3.05, 3.63) is 81.7 Å². The Morgan fingerprint density at radius 1 is 1.11 bits per heavy atom. The lowest BCUT2D eigenvalue weighted by Gasteiger charge is -2.16. The van der Waals surface area contributed by atoms with Crippen molar-refractivity contribution in [2.24, 2.45) is 11.7 Å². The standard InChI is InChI=1S/C22H20N2O4/c23-21(26)16-5-3-4-14(11-16)10-15-8-9-24(13-15)22(27)20-12-18(25)17-6-1-2-7-19(17)28-20/h1-7,11-12,15H,8-10,13H2,(H2,23,26)/t15-/m0/s1. The van der Waals surface area contributed by atoms with E-state index in [1.165, 1.54) is 6.07 Å². The predicted molar refractivity (Wildman–Crippen MR) is 105 cm³/mol. The van der Waals surface area contributed by atoms with Crippen LogP contribution in [0.15, 0.2) is 63.8 Å². The number of amides is 2. The average Bonchev–Trinajstić information content (AvgIpc) is 3.16. The van der Waals surface area contributed by atoms with E-state index >= 15 is 0 Å². The second-order valence-electron chi connectivity index (χ2n) is 7.15. The maximum absolute atomic E-state index is 12.8. The second kappa shape index (κ2) is 7.31. The number of primary amides is 1. The second-order valence-corrected chi connectivity index (χ2v) is 7.15. The molecule has 1 fully saturated rings.